The van der Waals surface area contributed by atoms with E-state index in [0.717, 1.165) is 36.2 Å². The highest BCUT2D eigenvalue weighted by Gasteiger charge is 2.19. The first-order valence-electron chi connectivity index (χ1n) is 12.2. The second kappa shape index (κ2) is 10.1. The smallest absolute Gasteiger partial charge is 0.261 e. The summed E-state index contributed by atoms with van der Waals surface area (Å²) in [5.74, 6) is -0.248. The van der Waals surface area contributed by atoms with Gasteiger partial charge in [0.15, 0.2) is 0 Å². The van der Waals surface area contributed by atoms with Crippen molar-refractivity contribution in [2.45, 2.75) is 31.7 Å². The number of rotatable bonds is 7. The maximum absolute atomic E-state index is 12.8. The van der Waals surface area contributed by atoms with Crippen molar-refractivity contribution in [3.05, 3.63) is 119 Å². The minimum Gasteiger partial charge on any atom is -0.367 e. The van der Waals surface area contributed by atoms with E-state index in [0.29, 0.717) is 16.9 Å². The number of hydrogen-bond donors (Lipinski definition) is 2. The predicted molar refractivity (Wildman–Crippen MR) is 149 cm³/mol. The van der Waals surface area contributed by atoms with Crippen molar-refractivity contribution in [3.8, 4) is 0 Å². The van der Waals surface area contributed by atoms with Gasteiger partial charge < -0.3 is 10.2 Å². The molecule has 0 spiro atoms. The van der Waals surface area contributed by atoms with Crippen LogP contribution in [0, 0.1) is 13.8 Å². The van der Waals surface area contributed by atoms with Crippen molar-refractivity contribution < 1.29 is 13.2 Å². The van der Waals surface area contributed by atoms with Crippen LogP contribution in [0.25, 0.3) is 0 Å². The van der Waals surface area contributed by atoms with E-state index in [2.05, 4.69) is 39.2 Å². The molecule has 0 unspecified atom stereocenters. The van der Waals surface area contributed by atoms with Crippen molar-refractivity contribution in [1.82, 2.24) is 0 Å². The van der Waals surface area contributed by atoms with E-state index < -0.39 is 10.0 Å². The number of hydrogen-bond acceptors (Lipinski definition) is 4. The minimum absolute atomic E-state index is 0.123. The van der Waals surface area contributed by atoms with Crippen molar-refractivity contribution in [2.24, 2.45) is 0 Å². The molecule has 7 heteroatoms. The molecule has 0 saturated heterocycles. The van der Waals surface area contributed by atoms with Crippen LogP contribution < -0.4 is 14.9 Å². The van der Waals surface area contributed by atoms with Crippen LogP contribution in [0.4, 0.5) is 17.1 Å². The molecule has 0 aliphatic carbocycles. The predicted octanol–water partition coefficient (Wildman–Crippen LogP) is 5.92. The van der Waals surface area contributed by atoms with Gasteiger partial charge in [0.2, 0.25) is 0 Å². The molecule has 1 aliphatic rings. The van der Waals surface area contributed by atoms with Gasteiger partial charge in [-0.1, -0.05) is 48.0 Å². The lowest BCUT2D eigenvalue weighted by molar-refractivity contribution is 0.102. The highest BCUT2D eigenvalue weighted by atomic mass is 32.2. The molecule has 0 aromatic heterocycles. The third-order valence-electron chi connectivity index (χ3n) is 6.62. The Morgan fingerprint density at radius 2 is 1.62 bits per heavy atom. The van der Waals surface area contributed by atoms with Crippen LogP contribution in [0.2, 0.25) is 0 Å². The normalized spacial score (nSPS) is 12.8. The first-order valence-corrected chi connectivity index (χ1v) is 13.7. The van der Waals surface area contributed by atoms with Gasteiger partial charge in [-0.2, -0.15) is 0 Å². The van der Waals surface area contributed by atoms with Crippen molar-refractivity contribution in [3.63, 3.8) is 0 Å². The molecule has 1 heterocycles. The van der Waals surface area contributed by atoms with E-state index in [9.17, 15) is 13.2 Å². The molecular weight excluding hydrogens is 482 g/mol. The lowest BCUT2D eigenvalue weighted by atomic mass is 10.1. The molecule has 0 radical (unpaired) electrons. The van der Waals surface area contributed by atoms with E-state index in [4.69, 9.17) is 0 Å². The Labute approximate surface area is 218 Å². The maximum Gasteiger partial charge on any atom is 0.261 e. The lowest BCUT2D eigenvalue weighted by Crippen LogP contribution is -2.19. The monoisotopic (exact) mass is 511 g/mol. The molecule has 0 atom stereocenters. The molecule has 1 amide bonds. The first kappa shape index (κ1) is 24.6. The summed E-state index contributed by atoms with van der Waals surface area (Å²) in [6.07, 6.45) is 1.05. The summed E-state index contributed by atoms with van der Waals surface area (Å²) in [5.41, 5.74) is 7.31. The average molecular weight is 512 g/mol. The Morgan fingerprint density at radius 1 is 0.892 bits per heavy atom. The summed E-state index contributed by atoms with van der Waals surface area (Å²) in [7, 11) is -3.75. The quantitative estimate of drug-likeness (QED) is 0.323. The van der Waals surface area contributed by atoms with Gasteiger partial charge in [0.25, 0.3) is 15.9 Å². The summed E-state index contributed by atoms with van der Waals surface area (Å²) >= 11 is 0. The number of nitrogens with zero attached hydrogens (tertiary/aromatic N) is 1. The maximum atomic E-state index is 12.8. The highest BCUT2D eigenvalue weighted by Crippen LogP contribution is 2.29. The molecule has 5 rings (SSSR count). The first-order chi connectivity index (χ1) is 17.8. The van der Waals surface area contributed by atoms with E-state index in [-0.39, 0.29) is 10.8 Å². The zero-order chi connectivity index (χ0) is 26.0. The standard InChI is InChI=1S/C30H29N3O3S/c1-21-7-16-28(22(2)19-21)32-37(35,36)27-14-12-26(13-15-27)31-30(34)25-10-8-23(9-11-25)20-33-18-17-24-5-3-4-6-29(24)33/h3-16,19,32H,17-18,20H2,1-2H3,(H,31,34). The molecule has 6 nitrogen and oxygen atoms in total. The Kier molecular flexibility index (Phi) is 6.72. The van der Waals surface area contributed by atoms with Crippen LogP contribution >= 0.6 is 0 Å². The van der Waals surface area contributed by atoms with E-state index in [1.54, 1.807) is 18.2 Å². The SMILES string of the molecule is Cc1ccc(NS(=O)(=O)c2ccc(NC(=O)c3ccc(CN4CCc5ccccc54)cc3)cc2)c(C)c1. The number of benzene rings is 4. The number of anilines is 3. The molecule has 37 heavy (non-hydrogen) atoms. The summed E-state index contributed by atoms with van der Waals surface area (Å²) in [6.45, 7) is 5.61. The Morgan fingerprint density at radius 3 is 2.35 bits per heavy atom. The van der Waals surface area contributed by atoms with E-state index in [1.807, 2.05) is 50.2 Å². The molecule has 1 aliphatic heterocycles. The summed E-state index contributed by atoms with van der Waals surface area (Å²) in [5, 5.41) is 2.84. The van der Waals surface area contributed by atoms with Gasteiger partial charge in [-0.05, 0) is 85.5 Å². The van der Waals surface area contributed by atoms with Gasteiger partial charge in [-0.25, -0.2) is 8.42 Å². The Bertz CT molecular complexity index is 1550. The van der Waals surface area contributed by atoms with Gasteiger partial charge >= 0.3 is 0 Å². The average Bonchev–Trinajstić information content (AvgIpc) is 3.29. The number of carbonyl (C=O) groups is 1. The number of amides is 1. The molecule has 0 bridgehead atoms. The van der Waals surface area contributed by atoms with Crippen LogP contribution in [0.3, 0.4) is 0 Å². The number of aryl methyl sites for hydroxylation is 2. The molecule has 188 valence electrons. The van der Waals surface area contributed by atoms with E-state index >= 15 is 0 Å². The van der Waals surface area contributed by atoms with Gasteiger partial charge in [-0.3, -0.25) is 9.52 Å². The molecule has 4 aromatic carbocycles. The molecule has 0 fully saturated rings. The third-order valence-corrected chi connectivity index (χ3v) is 8.00. The fourth-order valence-electron chi connectivity index (χ4n) is 4.61. The largest absolute Gasteiger partial charge is 0.367 e. The summed E-state index contributed by atoms with van der Waals surface area (Å²) < 4.78 is 28.3. The van der Waals surface area contributed by atoms with Crippen LogP contribution in [0.15, 0.2) is 95.9 Å². The van der Waals surface area contributed by atoms with Crippen LogP contribution in [0.5, 0.6) is 0 Å². The zero-order valence-electron chi connectivity index (χ0n) is 20.9. The number of sulfonamides is 1. The van der Waals surface area contributed by atoms with Gasteiger partial charge in [0.05, 0.1) is 10.6 Å². The van der Waals surface area contributed by atoms with Crippen LogP contribution in [0.1, 0.15) is 32.6 Å². The van der Waals surface area contributed by atoms with Crippen LogP contribution in [-0.2, 0) is 23.0 Å². The van der Waals surface area contributed by atoms with Crippen molar-refractivity contribution in [1.29, 1.82) is 0 Å². The topological polar surface area (TPSA) is 78.5 Å². The number of para-hydroxylation sites is 1. The second-order valence-electron chi connectivity index (χ2n) is 9.40. The third kappa shape index (κ3) is 5.52. The minimum atomic E-state index is -3.75. The number of carbonyl (C=O) groups excluding carboxylic acids is 1. The second-order valence-corrected chi connectivity index (χ2v) is 11.1. The molecule has 2 N–H and O–H groups in total. The number of nitrogens with one attached hydrogen (secondary N) is 2. The number of fused-ring (bicyclic) bond motifs is 1. The highest BCUT2D eigenvalue weighted by molar-refractivity contribution is 7.92. The fraction of sp³-hybridized carbons (Fsp3) is 0.167. The van der Waals surface area contributed by atoms with Crippen molar-refractivity contribution in [2.75, 3.05) is 21.5 Å². The van der Waals surface area contributed by atoms with Gasteiger partial charge in [0.1, 0.15) is 0 Å². The molecule has 4 aromatic rings. The Hall–Kier alpha value is -4.10. The van der Waals surface area contributed by atoms with Crippen molar-refractivity contribution >= 4 is 33.0 Å². The van der Waals surface area contributed by atoms with Crippen LogP contribution in [-0.4, -0.2) is 20.9 Å². The Balaban J connectivity index is 1.21. The summed E-state index contributed by atoms with van der Waals surface area (Å²) in [6, 6.07) is 27.7. The molecule has 0 saturated carbocycles. The van der Waals surface area contributed by atoms with E-state index in [1.165, 1.54) is 23.4 Å². The lowest BCUT2D eigenvalue weighted by Gasteiger charge is -2.19. The molecular formula is C30H29N3O3S. The zero-order valence-corrected chi connectivity index (χ0v) is 21.7. The fourth-order valence-corrected chi connectivity index (χ4v) is 5.74. The van der Waals surface area contributed by atoms with Gasteiger partial charge in [0, 0.05) is 30.0 Å². The summed E-state index contributed by atoms with van der Waals surface area (Å²) in [4.78, 5) is 15.2. The van der Waals surface area contributed by atoms with Gasteiger partial charge in [-0.15, -0.1) is 0 Å².